The second-order valence-electron chi connectivity index (χ2n) is 6.32. The van der Waals surface area contributed by atoms with E-state index in [1.165, 1.54) is 12.3 Å². The second kappa shape index (κ2) is 5.19. The van der Waals surface area contributed by atoms with E-state index in [1.54, 1.807) is 6.07 Å². The molecule has 1 aromatic carbocycles. The highest BCUT2D eigenvalue weighted by Gasteiger charge is 2.53. The molecule has 2 aliphatic rings. The summed E-state index contributed by atoms with van der Waals surface area (Å²) in [5, 5.41) is 22.7. The van der Waals surface area contributed by atoms with Gasteiger partial charge >= 0.3 is 0 Å². The summed E-state index contributed by atoms with van der Waals surface area (Å²) in [6, 6.07) is 2.84. The first-order valence-electron chi connectivity index (χ1n) is 7.49. The summed E-state index contributed by atoms with van der Waals surface area (Å²) in [5.41, 5.74) is 0.207. The number of hydrogen-bond acceptors (Lipinski definition) is 4. The van der Waals surface area contributed by atoms with Crippen LogP contribution in [0.25, 0.3) is 11.0 Å². The lowest BCUT2D eigenvalue weighted by atomic mass is 9.70. The molecule has 2 fully saturated rings. The molecule has 1 amide bonds. The molecule has 3 N–H and O–H groups in total. The topological polar surface area (TPSA) is 82.7 Å². The maximum atomic E-state index is 13.9. The molecule has 0 bridgehead atoms. The number of carbonyl (C=O) groups is 1. The van der Waals surface area contributed by atoms with Gasteiger partial charge in [0.05, 0.1) is 22.8 Å². The lowest BCUT2D eigenvalue weighted by Crippen LogP contribution is -2.52. The van der Waals surface area contributed by atoms with Crippen LogP contribution < -0.4 is 5.32 Å². The fourth-order valence-corrected chi connectivity index (χ4v) is 3.96. The van der Waals surface area contributed by atoms with Crippen LogP contribution in [-0.4, -0.2) is 34.4 Å². The number of aliphatic hydroxyl groups is 2. The summed E-state index contributed by atoms with van der Waals surface area (Å²) in [4.78, 5) is 12.4. The molecule has 2 aliphatic carbocycles. The lowest BCUT2D eigenvalue weighted by Gasteiger charge is -2.41. The Hall–Kier alpha value is -1.63. The summed E-state index contributed by atoms with van der Waals surface area (Å²) in [7, 11) is 0. The predicted molar refractivity (Wildman–Crippen MR) is 80.7 cm³/mol. The van der Waals surface area contributed by atoms with Crippen molar-refractivity contribution in [1.29, 1.82) is 0 Å². The van der Waals surface area contributed by atoms with E-state index in [0.717, 1.165) is 0 Å². The fourth-order valence-electron chi connectivity index (χ4n) is 3.81. The van der Waals surface area contributed by atoms with Crippen molar-refractivity contribution in [2.45, 2.75) is 31.1 Å². The molecule has 1 heterocycles. The largest absolute Gasteiger partial charge is 0.460 e. The highest BCUT2D eigenvalue weighted by atomic mass is 35.5. The maximum absolute atomic E-state index is 13.9. The molecule has 0 unspecified atom stereocenters. The van der Waals surface area contributed by atoms with Crippen molar-refractivity contribution in [2.24, 2.45) is 11.8 Å². The van der Waals surface area contributed by atoms with Crippen LogP contribution in [0.3, 0.4) is 0 Å². The highest BCUT2D eigenvalue weighted by Crippen LogP contribution is 2.47. The van der Waals surface area contributed by atoms with E-state index in [4.69, 9.17) is 16.0 Å². The van der Waals surface area contributed by atoms with Crippen molar-refractivity contribution in [3.05, 3.63) is 34.8 Å². The molecule has 1 aromatic heterocycles. The van der Waals surface area contributed by atoms with Crippen LogP contribution in [-0.2, 0) is 0 Å². The number of amides is 1. The zero-order chi connectivity index (χ0) is 16.3. The van der Waals surface area contributed by atoms with Crippen LogP contribution in [0.1, 0.15) is 23.2 Å². The number of halogens is 2. The van der Waals surface area contributed by atoms with E-state index in [1.807, 2.05) is 0 Å². The van der Waals surface area contributed by atoms with Gasteiger partial charge in [-0.2, -0.15) is 0 Å². The van der Waals surface area contributed by atoms with Crippen LogP contribution in [0.5, 0.6) is 0 Å². The van der Waals surface area contributed by atoms with Gasteiger partial charge in [-0.05, 0) is 36.8 Å². The number of carbonyl (C=O) groups excluding carboxylic acids is 1. The molecule has 5 atom stereocenters. The molecule has 2 saturated carbocycles. The van der Waals surface area contributed by atoms with Gasteiger partial charge in [0.1, 0.15) is 6.26 Å². The third-order valence-corrected chi connectivity index (χ3v) is 5.43. The molecule has 23 heavy (non-hydrogen) atoms. The lowest BCUT2D eigenvalue weighted by molar-refractivity contribution is -0.00456. The first-order chi connectivity index (χ1) is 11.0. The van der Waals surface area contributed by atoms with Gasteiger partial charge in [0.25, 0.3) is 5.91 Å². The van der Waals surface area contributed by atoms with Crippen LogP contribution in [0.2, 0.25) is 5.02 Å². The van der Waals surface area contributed by atoms with Crippen molar-refractivity contribution in [2.75, 3.05) is 0 Å². The van der Waals surface area contributed by atoms with Crippen molar-refractivity contribution in [3.63, 3.8) is 0 Å². The Morgan fingerprint density at radius 3 is 2.83 bits per heavy atom. The van der Waals surface area contributed by atoms with Gasteiger partial charge in [-0.15, -0.1) is 0 Å². The minimum Gasteiger partial charge on any atom is -0.460 e. The molecule has 0 radical (unpaired) electrons. The normalized spacial score (nSPS) is 32.6. The van der Waals surface area contributed by atoms with Crippen molar-refractivity contribution in [3.8, 4) is 0 Å². The van der Waals surface area contributed by atoms with E-state index >= 15 is 0 Å². The van der Waals surface area contributed by atoms with Gasteiger partial charge in [-0.1, -0.05) is 11.6 Å². The second-order valence-corrected chi connectivity index (χ2v) is 6.73. The molecule has 7 heteroatoms. The number of nitrogens with one attached hydrogen (secondary N) is 1. The van der Waals surface area contributed by atoms with E-state index in [-0.39, 0.29) is 40.0 Å². The predicted octanol–water partition coefficient (Wildman–Crippen LogP) is 2.09. The Kier molecular flexibility index (Phi) is 3.37. The van der Waals surface area contributed by atoms with Gasteiger partial charge in [0.15, 0.2) is 11.4 Å². The van der Waals surface area contributed by atoms with Gasteiger partial charge in [-0.25, -0.2) is 4.39 Å². The molecule has 0 spiro atoms. The highest BCUT2D eigenvalue weighted by molar-refractivity contribution is 6.31. The Morgan fingerprint density at radius 2 is 2.09 bits per heavy atom. The summed E-state index contributed by atoms with van der Waals surface area (Å²) in [5.74, 6) is -0.931. The van der Waals surface area contributed by atoms with Gasteiger partial charge in [0.2, 0.25) is 0 Å². The molecule has 0 aliphatic heterocycles. The molecule has 5 nitrogen and oxygen atoms in total. The van der Waals surface area contributed by atoms with E-state index < -0.39 is 18.0 Å². The standard InChI is InChI=1S/C16H15ClFNO4/c17-10-2-1-6-9(5-23-15(6)13(10)18)16(22)19-11-3-8-7(11)4-12(20)14(8)21/h1-2,5,7-8,11-12,14,20-21H,3-4H2,(H,19,22)/t7-,8-,11+,12-,14+/m1/s1. The zero-order valence-electron chi connectivity index (χ0n) is 12.0. The minimum atomic E-state index is -0.724. The van der Waals surface area contributed by atoms with E-state index in [0.29, 0.717) is 18.2 Å². The number of benzene rings is 1. The minimum absolute atomic E-state index is 0.0349. The first kappa shape index (κ1) is 14.9. The Balaban J connectivity index is 1.54. The average Bonchev–Trinajstić information content (AvgIpc) is 3.04. The van der Waals surface area contributed by atoms with Crippen molar-refractivity contribution < 1.29 is 23.8 Å². The smallest absolute Gasteiger partial charge is 0.255 e. The Bertz CT molecular complexity index is 792. The molecule has 4 rings (SSSR count). The molecule has 122 valence electrons. The van der Waals surface area contributed by atoms with Gasteiger partial charge in [-0.3, -0.25) is 4.79 Å². The van der Waals surface area contributed by atoms with Crippen molar-refractivity contribution >= 4 is 28.5 Å². The Morgan fingerprint density at radius 1 is 1.30 bits per heavy atom. The SMILES string of the molecule is O=C(N[C@H]1C[C@H]2[C@H](O)[C@H](O)C[C@H]21)c1coc2c(F)c(Cl)ccc12. The monoisotopic (exact) mass is 339 g/mol. The van der Waals surface area contributed by atoms with Gasteiger partial charge < -0.3 is 19.9 Å². The summed E-state index contributed by atoms with van der Waals surface area (Å²) >= 11 is 5.70. The molecule has 2 aromatic rings. The quantitative estimate of drug-likeness (QED) is 0.782. The first-order valence-corrected chi connectivity index (χ1v) is 7.87. The summed E-state index contributed by atoms with van der Waals surface area (Å²) in [6.07, 6.45) is 0.892. The number of furan rings is 1. The number of aliphatic hydroxyl groups excluding tert-OH is 2. The fraction of sp³-hybridized carbons (Fsp3) is 0.438. The molecular formula is C16H15ClFNO4. The number of hydrogen-bond donors (Lipinski definition) is 3. The van der Waals surface area contributed by atoms with E-state index in [9.17, 15) is 19.4 Å². The van der Waals surface area contributed by atoms with E-state index in [2.05, 4.69) is 5.32 Å². The molecule has 0 saturated heterocycles. The van der Waals surface area contributed by atoms with Crippen LogP contribution in [0.4, 0.5) is 4.39 Å². The average molecular weight is 340 g/mol. The van der Waals surface area contributed by atoms with Crippen LogP contribution >= 0.6 is 11.6 Å². The summed E-state index contributed by atoms with van der Waals surface area (Å²) in [6.45, 7) is 0. The van der Waals surface area contributed by atoms with Gasteiger partial charge in [0, 0.05) is 11.4 Å². The van der Waals surface area contributed by atoms with Crippen LogP contribution in [0, 0.1) is 17.7 Å². The van der Waals surface area contributed by atoms with Crippen molar-refractivity contribution in [1.82, 2.24) is 5.32 Å². The number of fused-ring (bicyclic) bond motifs is 2. The zero-order valence-corrected chi connectivity index (χ0v) is 12.8. The third-order valence-electron chi connectivity index (χ3n) is 5.14. The molecular weight excluding hydrogens is 325 g/mol. The third kappa shape index (κ3) is 2.16. The van der Waals surface area contributed by atoms with Crippen LogP contribution in [0.15, 0.2) is 22.8 Å². The maximum Gasteiger partial charge on any atom is 0.255 e. The number of rotatable bonds is 2. The summed E-state index contributed by atoms with van der Waals surface area (Å²) < 4.78 is 19.0. The Labute approximate surface area is 136 Å².